The minimum absolute atomic E-state index is 0.730. The number of hydrogen-bond acceptors (Lipinski definition) is 3. The molecule has 1 saturated carbocycles. The quantitative estimate of drug-likeness (QED) is 0.846. The molecule has 0 aromatic carbocycles. The predicted octanol–water partition coefficient (Wildman–Crippen LogP) is 2.32. The Balaban J connectivity index is 1.98. The van der Waals surface area contributed by atoms with E-state index in [9.17, 15) is 0 Å². The number of nitrogens with zero attached hydrogens (tertiary/aromatic N) is 2. The molecular weight excluding hydrogens is 234 g/mol. The Morgan fingerprint density at radius 3 is 2.47 bits per heavy atom. The van der Waals surface area contributed by atoms with Crippen LogP contribution in [0, 0.1) is 0 Å². The minimum atomic E-state index is 0.730. The SMILES string of the molecule is CCNC1CCCCCCC1N1CCCN(C)CC1. The van der Waals surface area contributed by atoms with Crippen molar-refractivity contribution in [2.75, 3.05) is 39.8 Å². The summed E-state index contributed by atoms with van der Waals surface area (Å²) in [5.41, 5.74) is 0. The van der Waals surface area contributed by atoms with Gasteiger partial charge in [0.05, 0.1) is 0 Å². The number of nitrogens with one attached hydrogen (secondary N) is 1. The maximum Gasteiger partial charge on any atom is 0.0249 e. The van der Waals surface area contributed by atoms with Gasteiger partial charge in [-0.2, -0.15) is 0 Å². The van der Waals surface area contributed by atoms with Crippen LogP contribution in [0.1, 0.15) is 51.9 Å². The fourth-order valence-corrected chi connectivity index (χ4v) is 3.80. The third-order valence-corrected chi connectivity index (χ3v) is 4.92. The molecule has 2 rings (SSSR count). The van der Waals surface area contributed by atoms with Crippen LogP contribution in [-0.2, 0) is 0 Å². The Hall–Kier alpha value is -0.120. The molecule has 0 spiro atoms. The van der Waals surface area contributed by atoms with E-state index in [-0.39, 0.29) is 0 Å². The molecule has 3 heteroatoms. The van der Waals surface area contributed by atoms with Crippen LogP contribution < -0.4 is 5.32 Å². The van der Waals surface area contributed by atoms with Gasteiger partial charge >= 0.3 is 0 Å². The van der Waals surface area contributed by atoms with Crippen LogP contribution in [0.15, 0.2) is 0 Å². The lowest BCUT2D eigenvalue weighted by Crippen LogP contribution is -2.51. The lowest BCUT2D eigenvalue weighted by Gasteiger charge is -2.38. The summed E-state index contributed by atoms with van der Waals surface area (Å²) in [4.78, 5) is 5.29. The topological polar surface area (TPSA) is 18.5 Å². The van der Waals surface area contributed by atoms with E-state index >= 15 is 0 Å². The monoisotopic (exact) mass is 267 g/mol. The Labute approximate surface area is 119 Å². The lowest BCUT2D eigenvalue weighted by molar-refractivity contribution is 0.138. The molecule has 0 aromatic rings. The summed E-state index contributed by atoms with van der Waals surface area (Å²) in [6.45, 7) is 8.46. The third kappa shape index (κ3) is 4.73. The molecule has 0 amide bonds. The molecule has 2 fully saturated rings. The molecule has 0 aromatic heterocycles. The van der Waals surface area contributed by atoms with Gasteiger partial charge in [-0.3, -0.25) is 4.90 Å². The van der Waals surface area contributed by atoms with Crippen molar-refractivity contribution in [1.29, 1.82) is 0 Å². The molecule has 19 heavy (non-hydrogen) atoms. The maximum absolute atomic E-state index is 3.78. The van der Waals surface area contributed by atoms with Crippen molar-refractivity contribution in [3.8, 4) is 0 Å². The highest BCUT2D eigenvalue weighted by Crippen LogP contribution is 2.23. The van der Waals surface area contributed by atoms with Crippen molar-refractivity contribution in [3.05, 3.63) is 0 Å². The van der Waals surface area contributed by atoms with Crippen molar-refractivity contribution >= 4 is 0 Å². The first-order valence-electron chi connectivity index (χ1n) is 8.47. The summed E-state index contributed by atoms with van der Waals surface area (Å²) >= 11 is 0. The molecule has 2 atom stereocenters. The molecule has 0 bridgehead atoms. The van der Waals surface area contributed by atoms with E-state index in [0.29, 0.717) is 0 Å². The van der Waals surface area contributed by atoms with Gasteiger partial charge in [-0.05, 0) is 45.9 Å². The average molecular weight is 267 g/mol. The van der Waals surface area contributed by atoms with E-state index in [0.717, 1.165) is 18.6 Å². The van der Waals surface area contributed by atoms with Crippen LogP contribution in [0.5, 0.6) is 0 Å². The standard InChI is InChI=1S/C16H33N3/c1-3-17-15-9-6-4-5-7-10-16(15)19-12-8-11-18(2)13-14-19/h15-17H,3-14H2,1-2H3. The van der Waals surface area contributed by atoms with Gasteiger partial charge in [0.25, 0.3) is 0 Å². The zero-order valence-corrected chi connectivity index (χ0v) is 13.0. The maximum atomic E-state index is 3.78. The highest BCUT2D eigenvalue weighted by molar-refractivity contribution is 4.87. The Morgan fingerprint density at radius 2 is 1.68 bits per heavy atom. The summed E-state index contributed by atoms with van der Waals surface area (Å²) in [6.07, 6.45) is 9.86. The minimum Gasteiger partial charge on any atom is -0.313 e. The first kappa shape index (κ1) is 15.3. The van der Waals surface area contributed by atoms with E-state index in [2.05, 4.69) is 29.1 Å². The van der Waals surface area contributed by atoms with Crippen molar-refractivity contribution in [2.45, 2.75) is 64.0 Å². The molecule has 1 aliphatic heterocycles. The smallest absolute Gasteiger partial charge is 0.0249 e. The Morgan fingerprint density at radius 1 is 0.895 bits per heavy atom. The van der Waals surface area contributed by atoms with Gasteiger partial charge in [0, 0.05) is 25.2 Å². The molecule has 2 aliphatic rings. The molecular formula is C16H33N3. The van der Waals surface area contributed by atoms with Gasteiger partial charge < -0.3 is 10.2 Å². The largest absolute Gasteiger partial charge is 0.313 e. The Bertz CT molecular complexity index is 244. The fraction of sp³-hybridized carbons (Fsp3) is 1.00. The van der Waals surface area contributed by atoms with Crippen LogP contribution in [0.4, 0.5) is 0 Å². The Kier molecular flexibility index (Phi) is 6.62. The second kappa shape index (κ2) is 8.23. The van der Waals surface area contributed by atoms with Gasteiger partial charge in [0.15, 0.2) is 0 Å². The summed E-state index contributed by atoms with van der Waals surface area (Å²) in [5, 5.41) is 3.78. The summed E-state index contributed by atoms with van der Waals surface area (Å²) in [7, 11) is 2.27. The fourth-order valence-electron chi connectivity index (χ4n) is 3.80. The molecule has 3 nitrogen and oxygen atoms in total. The van der Waals surface area contributed by atoms with Crippen molar-refractivity contribution in [2.24, 2.45) is 0 Å². The van der Waals surface area contributed by atoms with Crippen LogP contribution in [0.2, 0.25) is 0 Å². The second-order valence-electron chi connectivity index (χ2n) is 6.42. The number of hydrogen-bond donors (Lipinski definition) is 1. The van der Waals surface area contributed by atoms with Crippen LogP contribution >= 0.6 is 0 Å². The van der Waals surface area contributed by atoms with Crippen LogP contribution in [-0.4, -0.2) is 61.7 Å². The molecule has 1 aliphatic carbocycles. The molecule has 0 radical (unpaired) electrons. The van der Waals surface area contributed by atoms with Gasteiger partial charge in [-0.15, -0.1) is 0 Å². The van der Waals surface area contributed by atoms with Crippen LogP contribution in [0.25, 0.3) is 0 Å². The van der Waals surface area contributed by atoms with E-state index < -0.39 is 0 Å². The van der Waals surface area contributed by atoms with Gasteiger partial charge in [-0.1, -0.05) is 32.6 Å². The summed E-state index contributed by atoms with van der Waals surface area (Å²) in [6, 6.07) is 1.51. The second-order valence-corrected chi connectivity index (χ2v) is 6.42. The predicted molar refractivity (Wildman–Crippen MR) is 82.6 cm³/mol. The van der Waals surface area contributed by atoms with Crippen LogP contribution in [0.3, 0.4) is 0 Å². The van der Waals surface area contributed by atoms with Crippen molar-refractivity contribution < 1.29 is 0 Å². The molecule has 112 valence electrons. The zero-order valence-electron chi connectivity index (χ0n) is 13.0. The van der Waals surface area contributed by atoms with E-state index in [1.54, 1.807) is 0 Å². The molecule has 1 saturated heterocycles. The van der Waals surface area contributed by atoms with Gasteiger partial charge in [-0.25, -0.2) is 0 Å². The van der Waals surface area contributed by atoms with E-state index in [1.165, 1.54) is 71.1 Å². The summed E-state index contributed by atoms with van der Waals surface area (Å²) in [5.74, 6) is 0. The van der Waals surface area contributed by atoms with Crippen molar-refractivity contribution in [3.63, 3.8) is 0 Å². The molecule has 1 N–H and O–H groups in total. The molecule has 2 unspecified atom stereocenters. The van der Waals surface area contributed by atoms with E-state index in [4.69, 9.17) is 0 Å². The zero-order chi connectivity index (χ0) is 13.5. The lowest BCUT2D eigenvalue weighted by atomic mass is 9.91. The molecule has 1 heterocycles. The normalized spacial score (nSPS) is 32.5. The first-order chi connectivity index (χ1) is 9.31. The van der Waals surface area contributed by atoms with Crippen molar-refractivity contribution in [1.82, 2.24) is 15.1 Å². The number of rotatable bonds is 3. The van der Waals surface area contributed by atoms with E-state index in [1.807, 2.05) is 0 Å². The van der Waals surface area contributed by atoms with Gasteiger partial charge in [0.2, 0.25) is 0 Å². The average Bonchev–Trinajstić information content (AvgIpc) is 2.58. The van der Waals surface area contributed by atoms with Gasteiger partial charge in [0.1, 0.15) is 0 Å². The summed E-state index contributed by atoms with van der Waals surface area (Å²) < 4.78 is 0. The third-order valence-electron chi connectivity index (χ3n) is 4.92. The first-order valence-corrected chi connectivity index (χ1v) is 8.47. The number of likely N-dealkylation sites (N-methyl/N-ethyl adjacent to an activating group) is 2. The highest BCUT2D eigenvalue weighted by Gasteiger charge is 2.28. The highest BCUT2D eigenvalue weighted by atomic mass is 15.2.